The number of carbonyl (C=O) groups excluding carboxylic acids is 1. The van der Waals surface area contributed by atoms with Crippen LogP contribution in [0.1, 0.15) is 43.6 Å². The molecule has 2 aromatic carbocycles. The second kappa shape index (κ2) is 7.64. The SMILES string of the molecule is CC.Cc1ccc(-c2ccc(C(=O)C(C)C)cc2)cc1. The molecule has 0 aliphatic rings. The van der Waals surface area contributed by atoms with Crippen LogP contribution < -0.4 is 0 Å². The molecule has 0 aliphatic heterocycles. The van der Waals surface area contributed by atoms with Crippen molar-refractivity contribution in [1.82, 2.24) is 0 Å². The van der Waals surface area contributed by atoms with Gasteiger partial charge in [0.2, 0.25) is 0 Å². The third-order valence-corrected chi connectivity index (χ3v) is 3.08. The highest BCUT2D eigenvalue weighted by Gasteiger charge is 2.09. The highest BCUT2D eigenvalue weighted by molar-refractivity contribution is 5.97. The molecule has 0 N–H and O–H groups in total. The maximum atomic E-state index is 11.8. The fourth-order valence-electron chi connectivity index (χ4n) is 1.91. The minimum Gasteiger partial charge on any atom is -0.294 e. The summed E-state index contributed by atoms with van der Waals surface area (Å²) in [5.41, 5.74) is 4.38. The molecule has 0 unspecified atom stereocenters. The third kappa shape index (κ3) is 4.06. The lowest BCUT2D eigenvalue weighted by molar-refractivity contribution is 0.0939. The van der Waals surface area contributed by atoms with Crippen LogP contribution in [-0.4, -0.2) is 5.78 Å². The van der Waals surface area contributed by atoms with Gasteiger partial charge in [0, 0.05) is 11.5 Å². The van der Waals surface area contributed by atoms with Crippen LogP contribution in [0.25, 0.3) is 11.1 Å². The molecule has 0 bridgehead atoms. The Hall–Kier alpha value is -1.89. The van der Waals surface area contributed by atoms with Crippen LogP contribution in [0, 0.1) is 12.8 Å². The Kier molecular flexibility index (Phi) is 6.17. The summed E-state index contributed by atoms with van der Waals surface area (Å²) in [7, 11) is 0. The van der Waals surface area contributed by atoms with Gasteiger partial charge in [0.1, 0.15) is 0 Å². The second-order valence-electron chi connectivity index (χ2n) is 4.96. The van der Waals surface area contributed by atoms with Crippen LogP contribution in [0.2, 0.25) is 0 Å². The first kappa shape index (κ1) is 16.2. The molecule has 1 nitrogen and oxygen atoms in total. The molecule has 0 fully saturated rings. The van der Waals surface area contributed by atoms with Crippen molar-refractivity contribution in [2.75, 3.05) is 0 Å². The lowest BCUT2D eigenvalue weighted by atomic mass is 9.98. The van der Waals surface area contributed by atoms with Crippen molar-refractivity contribution in [3.8, 4) is 11.1 Å². The van der Waals surface area contributed by atoms with E-state index in [-0.39, 0.29) is 11.7 Å². The average molecular weight is 268 g/mol. The number of rotatable bonds is 3. The number of ketones is 1. The fraction of sp³-hybridized carbons (Fsp3) is 0.316. The first-order valence-electron chi connectivity index (χ1n) is 7.29. The topological polar surface area (TPSA) is 17.1 Å². The molecule has 0 saturated heterocycles. The molecular weight excluding hydrogens is 244 g/mol. The summed E-state index contributed by atoms with van der Waals surface area (Å²) in [5, 5.41) is 0. The van der Waals surface area contributed by atoms with Gasteiger partial charge in [-0.1, -0.05) is 81.8 Å². The second-order valence-corrected chi connectivity index (χ2v) is 4.96. The predicted molar refractivity (Wildman–Crippen MR) is 87.1 cm³/mol. The Morgan fingerprint density at radius 3 is 1.60 bits per heavy atom. The normalized spacial score (nSPS) is 9.90. The van der Waals surface area contributed by atoms with Gasteiger partial charge >= 0.3 is 0 Å². The lowest BCUT2D eigenvalue weighted by Gasteiger charge is -2.06. The maximum absolute atomic E-state index is 11.8. The minimum absolute atomic E-state index is 0.0511. The standard InChI is InChI=1S/C17H18O.C2H6/c1-12(2)17(18)16-10-8-15(9-11-16)14-6-4-13(3)5-7-14;1-2/h4-12H,1-3H3;1-2H3. The number of hydrogen-bond donors (Lipinski definition) is 0. The fourth-order valence-corrected chi connectivity index (χ4v) is 1.91. The van der Waals surface area contributed by atoms with E-state index in [1.807, 2.05) is 52.0 Å². The summed E-state index contributed by atoms with van der Waals surface area (Å²) in [5.74, 6) is 0.251. The Morgan fingerprint density at radius 1 is 0.800 bits per heavy atom. The summed E-state index contributed by atoms with van der Waals surface area (Å²) in [6, 6.07) is 16.3. The van der Waals surface area contributed by atoms with Crippen molar-refractivity contribution in [2.24, 2.45) is 5.92 Å². The van der Waals surface area contributed by atoms with Gasteiger partial charge in [-0.05, 0) is 18.1 Å². The molecule has 2 rings (SSSR count). The Balaban J connectivity index is 0.000000956. The summed E-state index contributed by atoms with van der Waals surface area (Å²) in [6.45, 7) is 9.93. The maximum Gasteiger partial charge on any atom is 0.165 e. The van der Waals surface area contributed by atoms with E-state index in [4.69, 9.17) is 0 Å². The van der Waals surface area contributed by atoms with Crippen molar-refractivity contribution in [2.45, 2.75) is 34.6 Å². The summed E-state index contributed by atoms with van der Waals surface area (Å²) >= 11 is 0. The molecule has 2 aromatic rings. The summed E-state index contributed by atoms with van der Waals surface area (Å²) in [6.07, 6.45) is 0. The van der Waals surface area contributed by atoms with Crippen molar-refractivity contribution in [3.63, 3.8) is 0 Å². The molecule has 0 amide bonds. The van der Waals surface area contributed by atoms with E-state index < -0.39 is 0 Å². The van der Waals surface area contributed by atoms with Crippen molar-refractivity contribution in [1.29, 1.82) is 0 Å². The van der Waals surface area contributed by atoms with Gasteiger partial charge in [0.05, 0.1) is 0 Å². The van der Waals surface area contributed by atoms with Crippen LogP contribution in [-0.2, 0) is 0 Å². The molecule has 20 heavy (non-hydrogen) atoms. The van der Waals surface area contributed by atoms with Gasteiger partial charge in [0.15, 0.2) is 5.78 Å². The molecule has 0 aromatic heterocycles. The molecular formula is C19H24O. The first-order chi connectivity index (χ1) is 9.58. The van der Waals surface area contributed by atoms with E-state index in [0.29, 0.717) is 0 Å². The van der Waals surface area contributed by atoms with Crippen molar-refractivity contribution in [3.05, 3.63) is 59.7 Å². The van der Waals surface area contributed by atoms with Gasteiger partial charge in [-0.2, -0.15) is 0 Å². The van der Waals surface area contributed by atoms with Crippen molar-refractivity contribution >= 4 is 5.78 Å². The van der Waals surface area contributed by atoms with Crippen LogP contribution in [0.4, 0.5) is 0 Å². The molecule has 0 aliphatic carbocycles. The van der Waals surface area contributed by atoms with Gasteiger partial charge < -0.3 is 0 Å². The van der Waals surface area contributed by atoms with Crippen LogP contribution in [0.5, 0.6) is 0 Å². The van der Waals surface area contributed by atoms with Crippen LogP contribution in [0.15, 0.2) is 48.5 Å². The van der Waals surface area contributed by atoms with E-state index in [0.717, 1.165) is 11.1 Å². The molecule has 0 saturated carbocycles. The molecule has 106 valence electrons. The van der Waals surface area contributed by atoms with E-state index in [1.54, 1.807) is 0 Å². The molecule has 0 atom stereocenters. The van der Waals surface area contributed by atoms with Crippen LogP contribution in [0.3, 0.4) is 0 Å². The Bertz CT molecular complexity index is 533. The monoisotopic (exact) mass is 268 g/mol. The molecule has 0 heterocycles. The number of hydrogen-bond acceptors (Lipinski definition) is 1. The minimum atomic E-state index is 0.0511. The van der Waals surface area contributed by atoms with E-state index in [9.17, 15) is 4.79 Å². The zero-order chi connectivity index (χ0) is 15.1. The Morgan fingerprint density at radius 2 is 1.20 bits per heavy atom. The largest absolute Gasteiger partial charge is 0.294 e. The zero-order valence-electron chi connectivity index (χ0n) is 13.1. The number of benzene rings is 2. The van der Waals surface area contributed by atoms with Crippen molar-refractivity contribution < 1.29 is 4.79 Å². The highest BCUT2D eigenvalue weighted by Crippen LogP contribution is 2.21. The smallest absolute Gasteiger partial charge is 0.165 e. The number of carbonyl (C=O) groups is 1. The summed E-state index contributed by atoms with van der Waals surface area (Å²) < 4.78 is 0. The van der Waals surface area contributed by atoms with Gasteiger partial charge in [-0.25, -0.2) is 0 Å². The van der Waals surface area contributed by atoms with Gasteiger partial charge in [-0.3, -0.25) is 4.79 Å². The molecule has 0 spiro atoms. The summed E-state index contributed by atoms with van der Waals surface area (Å²) in [4.78, 5) is 11.8. The van der Waals surface area contributed by atoms with E-state index >= 15 is 0 Å². The van der Waals surface area contributed by atoms with Crippen LogP contribution >= 0.6 is 0 Å². The number of aryl methyl sites for hydroxylation is 1. The lowest BCUT2D eigenvalue weighted by Crippen LogP contribution is -2.06. The van der Waals surface area contributed by atoms with Gasteiger partial charge in [-0.15, -0.1) is 0 Å². The zero-order valence-corrected chi connectivity index (χ0v) is 13.1. The highest BCUT2D eigenvalue weighted by atomic mass is 16.1. The first-order valence-corrected chi connectivity index (χ1v) is 7.29. The van der Waals surface area contributed by atoms with E-state index in [1.165, 1.54) is 11.1 Å². The third-order valence-electron chi connectivity index (χ3n) is 3.08. The quantitative estimate of drug-likeness (QED) is 0.669. The average Bonchev–Trinajstić information content (AvgIpc) is 2.49. The van der Waals surface area contributed by atoms with E-state index in [2.05, 4.69) is 31.2 Å². The molecule has 1 heteroatoms. The predicted octanol–water partition coefficient (Wildman–Crippen LogP) is 5.53. The van der Waals surface area contributed by atoms with Gasteiger partial charge in [0.25, 0.3) is 0 Å². The molecule has 0 radical (unpaired) electrons. The Labute approximate surface area is 122 Å². The number of Topliss-reactive ketones (excluding diaryl/α,β-unsaturated/α-hetero) is 1.